The molecule has 1 aliphatic rings. The van der Waals surface area contributed by atoms with Gasteiger partial charge in [-0.1, -0.05) is 18.2 Å². The molecule has 1 aromatic rings. The number of para-hydroxylation sites is 1. The van der Waals surface area contributed by atoms with E-state index in [4.69, 9.17) is 12.2 Å². The number of hydrogen-bond acceptors (Lipinski definition) is 2. The largest absolute Gasteiger partial charge is 0.353 e. The number of thiocarbonyl (C=S) groups is 1. The summed E-state index contributed by atoms with van der Waals surface area (Å²) in [7, 11) is 0. The van der Waals surface area contributed by atoms with Gasteiger partial charge >= 0.3 is 0 Å². The minimum atomic E-state index is -0.00953. The SMILES string of the molecule is O=C(CNC(=S)Nc1ccccc1)NC1CC1. The zero-order valence-corrected chi connectivity index (χ0v) is 10.2. The molecule has 1 fully saturated rings. The lowest BCUT2D eigenvalue weighted by Gasteiger charge is -2.10. The fourth-order valence-corrected chi connectivity index (χ4v) is 1.55. The van der Waals surface area contributed by atoms with Gasteiger partial charge in [0.15, 0.2) is 5.11 Å². The summed E-state index contributed by atoms with van der Waals surface area (Å²) in [6, 6.07) is 10.00. The summed E-state index contributed by atoms with van der Waals surface area (Å²) in [5.41, 5.74) is 0.910. The van der Waals surface area contributed by atoms with Crippen LogP contribution < -0.4 is 16.0 Å². The predicted octanol–water partition coefficient (Wildman–Crippen LogP) is 1.25. The molecule has 1 amide bonds. The summed E-state index contributed by atoms with van der Waals surface area (Å²) < 4.78 is 0. The number of carbonyl (C=O) groups excluding carboxylic acids is 1. The lowest BCUT2D eigenvalue weighted by Crippen LogP contribution is -2.39. The lowest BCUT2D eigenvalue weighted by molar-refractivity contribution is -0.120. The van der Waals surface area contributed by atoms with Gasteiger partial charge in [0.25, 0.3) is 0 Å². The van der Waals surface area contributed by atoms with Crippen LogP contribution in [0.25, 0.3) is 0 Å². The molecule has 0 heterocycles. The van der Waals surface area contributed by atoms with Crippen molar-refractivity contribution in [3.63, 3.8) is 0 Å². The second-order valence-electron chi connectivity index (χ2n) is 4.02. The van der Waals surface area contributed by atoms with Gasteiger partial charge in [0.05, 0.1) is 6.54 Å². The molecule has 0 aromatic heterocycles. The van der Waals surface area contributed by atoms with Gasteiger partial charge in [0.2, 0.25) is 5.91 Å². The van der Waals surface area contributed by atoms with Gasteiger partial charge < -0.3 is 16.0 Å². The average Bonchev–Trinajstić information content (AvgIpc) is 3.12. The Balaban J connectivity index is 1.68. The van der Waals surface area contributed by atoms with Gasteiger partial charge in [-0.05, 0) is 37.2 Å². The van der Waals surface area contributed by atoms with Crippen LogP contribution in [0.4, 0.5) is 5.69 Å². The van der Waals surface area contributed by atoms with Gasteiger partial charge in [-0.25, -0.2) is 0 Å². The van der Waals surface area contributed by atoms with Crippen molar-refractivity contribution in [3.8, 4) is 0 Å². The molecule has 5 heteroatoms. The van der Waals surface area contributed by atoms with E-state index >= 15 is 0 Å². The van der Waals surface area contributed by atoms with E-state index in [1.165, 1.54) is 0 Å². The molecule has 0 bridgehead atoms. The highest BCUT2D eigenvalue weighted by Gasteiger charge is 2.22. The molecule has 0 aliphatic heterocycles. The van der Waals surface area contributed by atoms with Crippen LogP contribution in [0.15, 0.2) is 30.3 Å². The minimum Gasteiger partial charge on any atom is -0.353 e. The number of carbonyl (C=O) groups is 1. The van der Waals surface area contributed by atoms with Gasteiger partial charge in [-0.3, -0.25) is 4.79 Å². The van der Waals surface area contributed by atoms with Crippen molar-refractivity contribution in [1.82, 2.24) is 10.6 Å². The Hall–Kier alpha value is -1.62. The van der Waals surface area contributed by atoms with Gasteiger partial charge in [-0.2, -0.15) is 0 Å². The molecular formula is C12H15N3OS. The molecule has 1 aromatic carbocycles. The van der Waals surface area contributed by atoms with Crippen LogP contribution in [0.2, 0.25) is 0 Å². The predicted molar refractivity (Wildman–Crippen MR) is 71.8 cm³/mol. The van der Waals surface area contributed by atoms with Crippen LogP contribution in [0.1, 0.15) is 12.8 Å². The van der Waals surface area contributed by atoms with Crippen molar-refractivity contribution >= 4 is 28.9 Å². The second-order valence-corrected chi connectivity index (χ2v) is 4.42. The molecule has 0 unspecified atom stereocenters. The Labute approximate surface area is 106 Å². The molecule has 90 valence electrons. The summed E-state index contributed by atoms with van der Waals surface area (Å²) in [5, 5.41) is 9.22. The van der Waals surface area contributed by atoms with E-state index in [1.54, 1.807) is 0 Å². The maximum absolute atomic E-state index is 11.4. The van der Waals surface area contributed by atoms with E-state index in [0.717, 1.165) is 18.5 Å². The maximum Gasteiger partial charge on any atom is 0.239 e. The molecule has 0 radical (unpaired) electrons. The number of hydrogen-bond donors (Lipinski definition) is 3. The van der Waals surface area contributed by atoms with Crippen LogP contribution in [0.3, 0.4) is 0 Å². The van der Waals surface area contributed by atoms with Crippen molar-refractivity contribution in [2.24, 2.45) is 0 Å². The quantitative estimate of drug-likeness (QED) is 0.703. The van der Waals surface area contributed by atoms with Crippen molar-refractivity contribution in [3.05, 3.63) is 30.3 Å². The minimum absolute atomic E-state index is 0.00953. The molecule has 17 heavy (non-hydrogen) atoms. The van der Waals surface area contributed by atoms with E-state index in [0.29, 0.717) is 11.2 Å². The molecule has 1 aliphatic carbocycles. The van der Waals surface area contributed by atoms with Crippen molar-refractivity contribution in [1.29, 1.82) is 0 Å². The molecule has 0 atom stereocenters. The van der Waals surface area contributed by atoms with E-state index in [2.05, 4.69) is 16.0 Å². The summed E-state index contributed by atoms with van der Waals surface area (Å²) in [6.45, 7) is 0.217. The third-order valence-electron chi connectivity index (χ3n) is 2.38. The Morgan fingerprint density at radius 2 is 2.00 bits per heavy atom. The first kappa shape index (κ1) is 11.9. The first-order chi connectivity index (χ1) is 8.24. The van der Waals surface area contributed by atoms with Crippen LogP contribution >= 0.6 is 12.2 Å². The number of amides is 1. The van der Waals surface area contributed by atoms with Crippen molar-refractivity contribution in [2.75, 3.05) is 11.9 Å². The summed E-state index contributed by atoms with van der Waals surface area (Å²) in [4.78, 5) is 11.4. The smallest absolute Gasteiger partial charge is 0.239 e. The monoisotopic (exact) mass is 249 g/mol. The average molecular weight is 249 g/mol. The highest BCUT2D eigenvalue weighted by molar-refractivity contribution is 7.80. The molecular weight excluding hydrogens is 234 g/mol. The fraction of sp³-hybridized carbons (Fsp3) is 0.333. The topological polar surface area (TPSA) is 53.2 Å². The van der Waals surface area contributed by atoms with Gasteiger partial charge in [0, 0.05) is 11.7 Å². The first-order valence-corrected chi connectivity index (χ1v) is 6.04. The third-order valence-corrected chi connectivity index (χ3v) is 2.63. The summed E-state index contributed by atoms with van der Waals surface area (Å²) in [6.07, 6.45) is 2.19. The van der Waals surface area contributed by atoms with Crippen LogP contribution in [-0.4, -0.2) is 23.6 Å². The van der Waals surface area contributed by atoms with Crippen molar-refractivity contribution in [2.45, 2.75) is 18.9 Å². The van der Waals surface area contributed by atoms with Gasteiger partial charge in [-0.15, -0.1) is 0 Å². The number of benzene rings is 1. The van der Waals surface area contributed by atoms with Crippen LogP contribution in [0.5, 0.6) is 0 Å². The normalized spacial score (nSPS) is 13.9. The third kappa shape index (κ3) is 4.40. The zero-order valence-electron chi connectivity index (χ0n) is 9.40. The number of rotatable bonds is 4. The Kier molecular flexibility index (Phi) is 3.93. The lowest BCUT2D eigenvalue weighted by atomic mass is 10.3. The van der Waals surface area contributed by atoms with E-state index in [-0.39, 0.29) is 12.5 Å². The zero-order chi connectivity index (χ0) is 12.1. The van der Waals surface area contributed by atoms with E-state index < -0.39 is 0 Å². The molecule has 2 rings (SSSR count). The first-order valence-electron chi connectivity index (χ1n) is 5.63. The Morgan fingerprint density at radius 3 is 2.65 bits per heavy atom. The highest BCUT2D eigenvalue weighted by Crippen LogP contribution is 2.18. The maximum atomic E-state index is 11.4. The van der Waals surface area contributed by atoms with E-state index in [1.807, 2.05) is 30.3 Å². The molecule has 4 nitrogen and oxygen atoms in total. The number of anilines is 1. The molecule has 3 N–H and O–H groups in total. The molecule has 1 saturated carbocycles. The highest BCUT2D eigenvalue weighted by atomic mass is 32.1. The second kappa shape index (κ2) is 5.63. The van der Waals surface area contributed by atoms with Gasteiger partial charge in [0.1, 0.15) is 0 Å². The van der Waals surface area contributed by atoms with E-state index in [9.17, 15) is 4.79 Å². The van der Waals surface area contributed by atoms with Crippen molar-refractivity contribution < 1.29 is 4.79 Å². The van der Waals surface area contributed by atoms with Crippen LogP contribution in [0, 0.1) is 0 Å². The fourth-order valence-electron chi connectivity index (χ4n) is 1.36. The Morgan fingerprint density at radius 1 is 1.29 bits per heavy atom. The number of nitrogens with one attached hydrogen (secondary N) is 3. The van der Waals surface area contributed by atoms with Crippen LogP contribution in [-0.2, 0) is 4.79 Å². The standard InChI is InChI=1S/C12H15N3OS/c16-11(14-10-6-7-10)8-13-12(17)15-9-4-2-1-3-5-9/h1-5,10H,6-8H2,(H,14,16)(H2,13,15,17). The summed E-state index contributed by atoms with van der Waals surface area (Å²) >= 11 is 5.08. The Bertz CT molecular complexity index is 403. The summed E-state index contributed by atoms with van der Waals surface area (Å²) in [5.74, 6) is -0.00953. The molecule has 0 saturated heterocycles. The molecule has 0 spiro atoms.